The molecule has 0 amide bonds. The van der Waals surface area contributed by atoms with Gasteiger partial charge in [0, 0.05) is 5.56 Å². The fourth-order valence-corrected chi connectivity index (χ4v) is 1.42. The van der Waals surface area contributed by atoms with E-state index in [-0.39, 0.29) is 15.6 Å². The Labute approximate surface area is 99.0 Å². The quantitative estimate of drug-likeness (QED) is 0.833. The fourth-order valence-electron chi connectivity index (χ4n) is 1.12. The Hall–Kier alpha value is -1.20. The van der Waals surface area contributed by atoms with Gasteiger partial charge in [0.05, 0.1) is 10.0 Å². The molecule has 1 aromatic heterocycles. The summed E-state index contributed by atoms with van der Waals surface area (Å²) >= 11 is 11.3. The molecule has 0 saturated carbocycles. The van der Waals surface area contributed by atoms with Gasteiger partial charge in [-0.15, -0.1) is 10.2 Å². The first kappa shape index (κ1) is 11.3. The first-order valence-corrected chi connectivity index (χ1v) is 4.87. The highest BCUT2D eigenvalue weighted by molar-refractivity contribution is 6.42. The Morgan fingerprint density at radius 3 is 2.50 bits per heavy atom. The lowest BCUT2D eigenvalue weighted by Gasteiger charge is -2.12. The smallest absolute Gasteiger partial charge is 0.349 e. The summed E-state index contributed by atoms with van der Waals surface area (Å²) in [6.07, 6.45) is 0.834. The van der Waals surface area contributed by atoms with E-state index in [4.69, 9.17) is 23.2 Å². The first-order chi connectivity index (χ1) is 7.51. The van der Waals surface area contributed by atoms with Crippen LogP contribution in [0.2, 0.25) is 10.0 Å². The van der Waals surface area contributed by atoms with Gasteiger partial charge in [-0.2, -0.15) is 8.78 Å². The Morgan fingerprint density at radius 2 is 1.94 bits per heavy atom. The predicted molar refractivity (Wildman–Crippen MR) is 53.8 cm³/mol. The van der Waals surface area contributed by atoms with Crippen LogP contribution in [0.15, 0.2) is 29.0 Å². The minimum atomic E-state index is -3.38. The van der Waals surface area contributed by atoms with Gasteiger partial charge in [0.1, 0.15) is 0 Å². The van der Waals surface area contributed by atoms with Crippen LogP contribution in [0, 0.1) is 0 Å². The zero-order chi connectivity index (χ0) is 11.8. The first-order valence-electron chi connectivity index (χ1n) is 4.12. The van der Waals surface area contributed by atoms with Crippen LogP contribution in [-0.4, -0.2) is 10.2 Å². The van der Waals surface area contributed by atoms with Crippen LogP contribution in [0.25, 0.3) is 0 Å². The normalized spacial score (nSPS) is 11.8. The highest BCUT2D eigenvalue weighted by atomic mass is 35.5. The SMILES string of the molecule is FC(F)(c1ccc(Cl)c(Cl)c1)c1nnco1. The van der Waals surface area contributed by atoms with Crippen LogP contribution < -0.4 is 0 Å². The maximum absolute atomic E-state index is 13.7. The summed E-state index contributed by atoms with van der Waals surface area (Å²) in [6.45, 7) is 0. The lowest BCUT2D eigenvalue weighted by molar-refractivity contribution is 0.0130. The van der Waals surface area contributed by atoms with Gasteiger partial charge in [-0.25, -0.2) is 0 Å². The van der Waals surface area contributed by atoms with Gasteiger partial charge in [-0.3, -0.25) is 0 Å². The van der Waals surface area contributed by atoms with Crippen molar-refractivity contribution >= 4 is 23.2 Å². The molecule has 0 aliphatic carbocycles. The average molecular weight is 265 g/mol. The van der Waals surface area contributed by atoms with Crippen molar-refractivity contribution in [3.05, 3.63) is 46.1 Å². The standard InChI is InChI=1S/C9H4Cl2F2N2O/c10-6-2-1-5(3-7(6)11)9(12,13)8-15-14-4-16-8/h1-4H. The van der Waals surface area contributed by atoms with E-state index in [1.165, 1.54) is 6.07 Å². The second-order valence-electron chi connectivity index (χ2n) is 2.95. The van der Waals surface area contributed by atoms with Gasteiger partial charge >= 0.3 is 5.92 Å². The number of benzene rings is 1. The molecular formula is C9H4Cl2F2N2O. The Bertz CT molecular complexity index is 502. The Balaban J connectivity index is 2.47. The molecule has 16 heavy (non-hydrogen) atoms. The highest BCUT2D eigenvalue weighted by Crippen LogP contribution is 2.36. The van der Waals surface area contributed by atoms with Crippen LogP contribution in [0.3, 0.4) is 0 Å². The van der Waals surface area contributed by atoms with E-state index in [1.807, 2.05) is 0 Å². The van der Waals surface area contributed by atoms with Gasteiger partial charge in [-0.1, -0.05) is 29.3 Å². The van der Waals surface area contributed by atoms with E-state index >= 15 is 0 Å². The van der Waals surface area contributed by atoms with E-state index in [2.05, 4.69) is 14.6 Å². The number of nitrogens with zero attached hydrogens (tertiary/aromatic N) is 2. The van der Waals surface area contributed by atoms with Crippen LogP contribution in [0.4, 0.5) is 8.78 Å². The van der Waals surface area contributed by atoms with Crippen molar-refractivity contribution in [2.24, 2.45) is 0 Å². The number of hydrogen-bond acceptors (Lipinski definition) is 3. The highest BCUT2D eigenvalue weighted by Gasteiger charge is 2.40. The average Bonchev–Trinajstić information content (AvgIpc) is 2.75. The van der Waals surface area contributed by atoms with Gasteiger partial charge in [0.2, 0.25) is 6.39 Å². The molecule has 0 radical (unpaired) electrons. The number of alkyl halides is 2. The van der Waals surface area contributed by atoms with Crippen molar-refractivity contribution in [3.8, 4) is 0 Å². The largest absolute Gasteiger partial charge is 0.422 e. The van der Waals surface area contributed by atoms with Crippen molar-refractivity contribution in [1.82, 2.24) is 10.2 Å². The van der Waals surface area contributed by atoms with Crippen LogP contribution in [-0.2, 0) is 5.92 Å². The summed E-state index contributed by atoms with van der Waals surface area (Å²) in [6, 6.07) is 3.50. The molecule has 2 aromatic rings. The van der Waals surface area contributed by atoms with Gasteiger partial charge in [0.25, 0.3) is 5.89 Å². The second-order valence-corrected chi connectivity index (χ2v) is 3.76. The monoisotopic (exact) mass is 264 g/mol. The molecule has 3 nitrogen and oxygen atoms in total. The van der Waals surface area contributed by atoms with E-state index in [9.17, 15) is 8.78 Å². The molecule has 0 atom stereocenters. The maximum Gasteiger partial charge on any atom is 0.349 e. The fraction of sp³-hybridized carbons (Fsp3) is 0.111. The molecule has 0 aliphatic rings. The van der Waals surface area contributed by atoms with Crippen LogP contribution in [0.5, 0.6) is 0 Å². The maximum atomic E-state index is 13.7. The lowest BCUT2D eigenvalue weighted by Crippen LogP contribution is -2.15. The number of rotatable bonds is 2. The third kappa shape index (κ3) is 1.88. The Kier molecular flexibility index (Phi) is 2.82. The molecular weight excluding hydrogens is 261 g/mol. The summed E-state index contributed by atoms with van der Waals surface area (Å²) in [5.74, 6) is -4.17. The molecule has 2 rings (SSSR count). The minimum absolute atomic E-state index is 0.0401. The van der Waals surface area contributed by atoms with Gasteiger partial charge in [-0.05, 0) is 12.1 Å². The zero-order valence-corrected chi connectivity index (χ0v) is 9.14. The molecule has 0 spiro atoms. The van der Waals surface area contributed by atoms with E-state index < -0.39 is 11.8 Å². The van der Waals surface area contributed by atoms with Crippen LogP contribution >= 0.6 is 23.2 Å². The van der Waals surface area contributed by atoms with Crippen molar-refractivity contribution in [1.29, 1.82) is 0 Å². The minimum Gasteiger partial charge on any atom is -0.422 e. The molecule has 0 bridgehead atoms. The summed E-state index contributed by atoms with van der Waals surface area (Å²) < 4.78 is 31.9. The number of aromatic nitrogens is 2. The van der Waals surface area contributed by atoms with E-state index in [1.54, 1.807) is 0 Å². The van der Waals surface area contributed by atoms with E-state index in [0.717, 1.165) is 18.5 Å². The molecule has 7 heteroatoms. The number of hydrogen-bond donors (Lipinski definition) is 0. The summed E-state index contributed by atoms with van der Waals surface area (Å²) in [4.78, 5) is 0. The number of halogens is 4. The predicted octanol–water partition coefficient (Wildman–Crippen LogP) is 3.52. The summed E-state index contributed by atoms with van der Waals surface area (Å²) in [5, 5.41) is 6.61. The second kappa shape index (κ2) is 3.99. The van der Waals surface area contributed by atoms with E-state index in [0.29, 0.717) is 0 Å². The Morgan fingerprint density at radius 1 is 1.19 bits per heavy atom. The van der Waals surface area contributed by atoms with Gasteiger partial charge in [0.15, 0.2) is 0 Å². The zero-order valence-electron chi connectivity index (χ0n) is 7.62. The third-order valence-corrected chi connectivity index (χ3v) is 2.65. The molecule has 1 heterocycles. The molecule has 0 unspecified atom stereocenters. The van der Waals surface area contributed by atoms with Crippen molar-refractivity contribution < 1.29 is 13.2 Å². The molecule has 0 aliphatic heterocycles. The van der Waals surface area contributed by atoms with Crippen molar-refractivity contribution in [2.75, 3.05) is 0 Å². The molecule has 1 aromatic carbocycles. The third-order valence-electron chi connectivity index (χ3n) is 1.91. The molecule has 0 N–H and O–H groups in total. The molecule has 84 valence electrons. The summed E-state index contributed by atoms with van der Waals surface area (Å²) in [5.41, 5.74) is -0.355. The molecule has 0 saturated heterocycles. The van der Waals surface area contributed by atoms with Crippen molar-refractivity contribution in [3.63, 3.8) is 0 Å². The van der Waals surface area contributed by atoms with Gasteiger partial charge < -0.3 is 4.42 Å². The van der Waals surface area contributed by atoms with Crippen LogP contribution in [0.1, 0.15) is 11.5 Å². The van der Waals surface area contributed by atoms with Crippen molar-refractivity contribution in [2.45, 2.75) is 5.92 Å². The topological polar surface area (TPSA) is 38.9 Å². The lowest BCUT2D eigenvalue weighted by atomic mass is 10.1. The summed E-state index contributed by atoms with van der Waals surface area (Å²) in [7, 11) is 0. The molecule has 0 fully saturated rings.